The molecule has 1 aromatic carbocycles. The normalized spacial score (nSPS) is 21.4. The third-order valence-corrected chi connectivity index (χ3v) is 11.0. The highest BCUT2D eigenvalue weighted by molar-refractivity contribution is 5.99. The Morgan fingerprint density at radius 3 is 2.38 bits per heavy atom. The minimum Gasteiger partial charge on any atom is -0.496 e. The molecule has 3 fully saturated rings. The van der Waals surface area contributed by atoms with Crippen molar-refractivity contribution in [2.24, 2.45) is 5.92 Å². The third kappa shape index (κ3) is 8.17. The number of hydrogen-bond donors (Lipinski definition) is 1. The number of nitrogens with zero attached hydrogens (tertiary/aromatic N) is 4. The average molecular weight is 687 g/mol. The smallest absolute Gasteiger partial charge is 0.410 e. The number of carbonyl (C=O) groups is 2. The van der Waals surface area contributed by atoms with E-state index in [-0.39, 0.29) is 55.4 Å². The van der Waals surface area contributed by atoms with Crippen molar-refractivity contribution < 1.29 is 28.6 Å². The Balaban J connectivity index is 1.19. The number of piperidine rings is 1. The number of ether oxygens (including phenoxy) is 2. The zero-order chi connectivity index (χ0) is 35.5. The zero-order valence-electron chi connectivity index (χ0n) is 30.5. The van der Waals surface area contributed by atoms with Crippen molar-refractivity contribution in [3.05, 3.63) is 59.8 Å². The highest BCUT2D eigenvalue weighted by atomic mass is 16.6. The monoisotopic (exact) mass is 686 g/mol. The number of aliphatic hydroxyl groups is 1. The fraction of sp³-hybridized carbons (Fsp3) is 0.600. The van der Waals surface area contributed by atoms with Gasteiger partial charge in [-0.3, -0.25) is 9.69 Å². The molecular weight excluding hydrogens is 632 g/mol. The minimum atomic E-state index is -1.62. The number of aryl methyl sites for hydroxylation is 1. The summed E-state index contributed by atoms with van der Waals surface area (Å²) in [6, 6.07) is 10.2. The van der Waals surface area contributed by atoms with Crippen LogP contribution >= 0.6 is 0 Å². The van der Waals surface area contributed by atoms with Crippen LogP contribution in [0.15, 0.2) is 47.2 Å². The van der Waals surface area contributed by atoms with Gasteiger partial charge >= 0.3 is 6.09 Å². The molecule has 0 bridgehead atoms. The highest BCUT2D eigenvalue weighted by Gasteiger charge is 2.45. The van der Waals surface area contributed by atoms with Crippen molar-refractivity contribution in [3.63, 3.8) is 0 Å². The molecule has 1 saturated heterocycles. The van der Waals surface area contributed by atoms with Gasteiger partial charge in [0.2, 0.25) is 0 Å². The van der Waals surface area contributed by atoms with Crippen molar-refractivity contribution >= 4 is 17.8 Å². The van der Waals surface area contributed by atoms with Gasteiger partial charge in [0.05, 0.1) is 7.11 Å². The van der Waals surface area contributed by atoms with Gasteiger partial charge < -0.3 is 23.9 Å². The van der Waals surface area contributed by atoms with Gasteiger partial charge in [-0.2, -0.15) is 0 Å². The second kappa shape index (κ2) is 15.1. The number of oxazole rings is 1. The van der Waals surface area contributed by atoms with E-state index in [2.05, 4.69) is 30.1 Å². The summed E-state index contributed by atoms with van der Waals surface area (Å²) in [6.45, 7) is 9.20. The van der Waals surface area contributed by atoms with Crippen LogP contribution in [0.1, 0.15) is 114 Å². The summed E-state index contributed by atoms with van der Waals surface area (Å²) in [6.07, 6.45) is 12.3. The molecule has 3 aromatic rings. The fourth-order valence-electron chi connectivity index (χ4n) is 7.77. The number of likely N-dealkylation sites (tertiary alicyclic amines) is 1. The lowest BCUT2D eigenvalue weighted by Crippen LogP contribution is -2.57. The van der Waals surface area contributed by atoms with Crippen LogP contribution in [0.25, 0.3) is 11.3 Å². The largest absolute Gasteiger partial charge is 0.496 e. The first-order chi connectivity index (χ1) is 23.9. The maximum Gasteiger partial charge on any atom is 0.410 e. The number of hydrogen-bond acceptors (Lipinski definition) is 8. The second-order valence-electron chi connectivity index (χ2n) is 15.7. The van der Waals surface area contributed by atoms with Gasteiger partial charge in [0.1, 0.15) is 35.2 Å². The lowest BCUT2D eigenvalue weighted by Gasteiger charge is -2.41. The molecule has 2 aromatic heterocycles. The van der Waals surface area contributed by atoms with Gasteiger partial charge in [0, 0.05) is 49.7 Å². The van der Waals surface area contributed by atoms with Crippen LogP contribution in [-0.4, -0.2) is 70.4 Å². The number of benzene rings is 1. The predicted molar refractivity (Wildman–Crippen MR) is 192 cm³/mol. The third-order valence-electron chi connectivity index (χ3n) is 11.0. The first-order valence-corrected chi connectivity index (χ1v) is 18.5. The molecule has 270 valence electrons. The first kappa shape index (κ1) is 35.9. The highest BCUT2D eigenvalue weighted by Crippen LogP contribution is 2.39. The Labute approximate surface area is 296 Å². The minimum absolute atomic E-state index is 0.0411. The second-order valence-corrected chi connectivity index (χ2v) is 15.7. The number of rotatable bonds is 8. The molecule has 1 aliphatic heterocycles. The van der Waals surface area contributed by atoms with Crippen LogP contribution < -0.4 is 9.64 Å². The average Bonchev–Trinajstić information content (AvgIpc) is 3.63. The van der Waals surface area contributed by atoms with Crippen LogP contribution in [0.2, 0.25) is 0 Å². The van der Waals surface area contributed by atoms with Gasteiger partial charge in [0.25, 0.3) is 5.91 Å². The molecule has 50 heavy (non-hydrogen) atoms. The predicted octanol–water partition coefficient (Wildman–Crippen LogP) is 7.95. The van der Waals surface area contributed by atoms with Crippen LogP contribution in [-0.2, 0) is 14.9 Å². The van der Waals surface area contributed by atoms with Crippen LogP contribution in [0.4, 0.5) is 10.6 Å². The molecule has 3 heterocycles. The van der Waals surface area contributed by atoms with Crippen molar-refractivity contribution in [2.75, 3.05) is 31.6 Å². The lowest BCUT2D eigenvalue weighted by molar-refractivity contribution is -0.141. The molecule has 0 atom stereocenters. The standard InChI is InChI=1S/C40H54N4O6/c1-27-23-30(15-16-34(27)48-5)29-13-11-28(12-14-29)25-44(35-24-31(17-20-41-35)33-26-49-36(42-33)39(2,3)4)37(45)40(47)18-21-43(22-19-40)38(46)50-32-9-7-6-8-10-32/h15-17,20,23-24,26,28-29,32,47H,6-14,18-19,21-22,25H2,1-5H3. The SMILES string of the molecule is COc1ccc(C2CCC(CN(C(=O)C3(O)CCN(C(=O)OC4CCCCC4)CC3)c3cc(-c4coc(C(C)(C)C)n4)ccn3)CC2)cc1C. The topological polar surface area (TPSA) is 118 Å². The van der Waals surface area contributed by atoms with Crippen molar-refractivity contribution in [3.8, 4) is 17.0 Å². The van der Waals surface area contributed by atoms with Crippen molar-refractivity contribution in [1.82, 2.24) is 14.9 Å². The van der Waals surface area contributed by atoms with Crippen LogP contribution in [0, 0.1) is 12.8 Å². The van der Waals surface area contributed by atoms with E-state index in [1.165, 1.54) is 12.0 Å². The van der Waals surface area contributed by atoms with E-state index in [9.17, 15) is 14.7 Å². The number of carbonyl (C=O) groups excluding carboxylic acids is 2. The zero-order valence-corrected chi connectivity index (χ0v) is 30.5. The van der Waals surface area contributed by atoms with E-state index in [1.807, 2.05) is 32.9 Å². The Kier molecular flexibility index (Phi) is 10.9. The van der Waals surface area contributed by atoms with Crippen LogP contribution in [0.3, 0.4) is 0 Å². The Morgan fingerprint density at radius 2 is 1.74 bits per heavy atom. The number of anilines is 1. The van der Waals surface area contributed by atoms with Gasteiger partial charge in [-0.15, -0.1) is 0 Å². The molecule has 2 aliphatic carbocycles. The van der Waals surface area contributed by atoms with Gasteiger partial charge in [-0.25, -0.2) is 14.8 Å². The molecule has 0 unspecified atom stereocenters. The molecular formula is C40H54N4O6. The molecule has 10 nitrogen and oxygen atoms in total. The van der Waals surface area contributed by atoms with Gasteiger partial charge in [0.15, 0.2) is 5.89 Å². The first-order valence-electron chi connectivity index (χ1n) is 18.5. The maximum absolute atomic E-state index is 14.5. The van der Waals surface area contributed by atoms with Crippen molar-refractivity contribution in [2.45, 2.75) is 121 Å². The summed E-state index contributed by atoms with van der Waals surface area (Å²) in [4.78, 5) is 40.2. The summed E-state index contributed by atoms with van der Waals surface area (Å²) >= 11 is 0. The van der Waals surface area contributed by atoms with E-state index in [0.29, 0.717) is 29.9 Å². The summed E-state index contributed by atoms with van der Waals surface area (Å²) in [5.41, 5.74) is 2.06. The van der Waals surface area contributed by atoms with Gasteiger partial charge in [-0.05, 0) is 99.5 Å². The van der Waals surface area contributed by atoms with Crippen LogP contribution in [0.5, 0.6) is 5.75 Å². The molecule has 3 aliphatic rings. The molecule has 2 amide bonds. The molecule has 2 saturated carbocycles. The number of pyridine rings is 1. The molecule has 10 heteroatoms. The Bertz CT molecular complexity index is 1620. The van der Waals surface area contributed by atoms with E-state index in [0.717, 1.165) is 68.2 Å². The number of methoxy groups -OCH3 is 1. The summed E-state index contributed by atoms with van der Waals surface area (Å²) in [7, 11) is 1.70. The maximum atomic E-state index is 14.5. The van der Waals surface area contributed by atoms with E-state index in [1.54, 1.807) is 29.4 Å². The summed E-state index contributed by atoms with van der Waals surface area (Å²) in [5.74, 6) is 2.34. The Morgan fingerprint density at radius 1 is 1.02 bits per heavy atom. The lowest BCUT2D eigenvalue weighted by atomic mass is 9.78. The molecule has 0 radical (unpaired) electrons. The number of aromatic nitrogens is 2. The summed E-state index contributed by atoms with van der Waals surface area (Å²) in [5, 5.41) is 11.9. The molecule has 1 N–H and O–H groups in total. The summed E-state index contributed by atoms with van der Waals surface area (Å²) < 4.78 is 17.1. The fourth-order valence-corrected chi connectivity index (χ4v) is 7.77. The van der Waals surface area contributed by atoms with E-state index >= 15 is 0 Å². The van der Waals surface area contributed by atoms with E-state index < -0.39 is 5.60 Å². The van der Waals surface area contributed by atoms with E-state index in [4.69, 9.17) is 18.9 Å². The van der Waals surface area contributed by atoms with Crippen molar-refractivity contribution in [1.29, 1.82) is 0 Å². The number of amides is 2. The van der Waals surface area contributed by atoms with Gasteiger partial charge in [-0.1, -0.05) is 39.3 Å². The molecule has 0 spiro atoms. The molecule has 6 rings (SSSR count). The quantitative estimate of drug-likeness (QED) is 0.254. The Hall–Kier alpha value is -3.92.